The zero-order valence-corrected chi connectivity index (χ0v) is 13.4. The first-order valence-corrected chi connectivity index (χ1v) is 7.67. The first-order chi connectivity index (χ1) is 12.3. The van der Waals surface area contributed by atoms with Crippen molar-refractivity contribution in [1.29, 1.82) is 0 Å². The van der Waals surface area contributed by atoms with Crippen LogP contribution in [-0.4, -0.2) is 37.1 Å². The van der Waals surface area contributed by atoms with Crippen molar-refractivity contribution in [2.75, 3.05) is 18.1 Å². The number of ether oxygens (including phenoxy) is 1. The van der Waals surface area contributed by atoms with Gasteiger partial charge in [-0.15, -0.1) is 5.10 Å². The van der Waals surface area contributed by atoms with Crippen LogP contribution in [0.1, 0.15) is 0 Å². The number of rotatable bonds is 2. The Labute approximate surface area is 145 Å². The highest BCUT2D eigenvalue weighted by molar-refractivity contribution is 5.71. The molecule has 0 saturated heterocycles. The Morgan fingerprint density at radius 3 is 2.73 bits per heavy atom. The smallest absolute Gasteiger partial charge is 0.408 e. The Kier molecular flexibility index (Phi) is 3.53. The van der Waals surface area contributed by atoms with E-state index in [9.17, 15) is 13.2 Å². The van der Waals surface area contributed by atoms with Crippen molar-refractivity contribution >= 4 is 11.6 Å². The van der Waals surface area contributed by atoms with Gasteiger partial charge >= 0.3 is 6.18 Å². The summed E-state index contributed by atoms with van der Waals surface area (Å²) >= 11 is 0. The van der Waals surface area contributed by atoms with Crippen molar-refractivity contribution in [1.82, 2.24) is 24.3 Å². The Morgan fingerprint density at radius 2 is 1.96 bits per heavy atom. The molecule has 4 N–H and O–H groups in total. The van der Waals surface area contributed by atoms with Crippen LogP contribution >= 0.6 is 0 Å². The maximum Gasteiger partial charge on any atom is 0.408 e. The first kappa shape index (κ1) is 16.2. The summed E-state index contributed by atoms with van der Waals surface area (Å²) in [7, 11) is 0. The van der Waals surface area contributed by atoms with Gasteiger partial charge in [0.05, 0.1) is 12.1 Å². The van der Waals surface area contributed by atoms with Crippen LogP contribution in [0.3, 0.4) is 0 Å². The van der Waals surface area contributed by atoms with Gasteiger partial charge in [0.15, 0.2) is 5.82 Å². The molecule has 3 heterocycles. The summed E-state index contributed by atoms with van der Waals surface area (Å²) in [4.78, 5) is 8.36. The largest absolute Gasteiger partial charge is 0.491 e. The molecule has 0 atom stereocenters. The van der Waals surface area contributed by atoms with Gasteiger partial charge in [0.1, 0.15) is 30.4 Å². The summed E-state index contributed by atoms with van der Waals surface area (Å²) < 4.78 is 46.5. The quantitative estimate of drug-likeness (QED) is 0.672. The minimum atomic E-state index is -4.45. The van der Waals surface area contributed by atoms with Gasteiger partial charge in [-0.2, -0.15) is 18.2 Å². The van der Waals surface area contributed by atoms with Gasteiger partial charge in [0.25, 0.3) is 0 Å². The van der Waals surface area contributed by atoms with Gasteiger partial charge in [-0.05, 0) is 12.1 Å². The summed E-state index contributed by atoms with van der Waals surface area (Å²) in [5.41, 5.74) is 12.8. The number of hydrogen-bond acceptors (Lipinski definition) is 6. The minimum Gasteiger partial charge on any atom is -0.491 e. The molecule has 11 heteroatoms. The second-order valence-electron chi connectivity index (χ2n) is 5.81. The molecule has 0 fully saturated rings. The first-order valence-electron chi connectivity index (χ1n) is 7.67. The second kappa shape index (κ2) is 5.64. The molecule has 0 saturated carbocycles. The van der Waals surface area contributed by atoms with Crippen molar-refractivity contribution in [3.05, 3.63) is 24.4 Å². The van der Waals surface area contributed by atoms with Crippen molar-refractivity contribution < 1.29 is 17.9 Å². The zero-order chi connectivity index (χ0) is 18.5. The second-order valence-corrected chi connectivity index (χ2v) is 5.81. The van der Waals surface area contributed by atoms with E-state index in [2.05, 4.69) is 15.1 Å². The van der Waals surface area contributed by atoms with Crippen LogP contribution in [-0.2, 0) is 13.1 Å². The third kappa shape index (κ3) is 2.91. The molecule has 0 aliphatic carbocycles. The van der Waals surface area contributed by atoms with Crippen LogP contribution in [0, 0.1) is 0 Å². The van der Waals surface area contributed by atoms with Gasteiger partial charge in [-0.1, -0.05) is 0 Å². The molecular formula is C15H14F3N7O. The van der Waals surface area contributed by atoms with Gasteiger partial charge in [-0.25, -0.2) is 9.67 Å². The number of fused-ring (bicyclic) bond motifs is 3. The topological polar surface area (TPSA) is 110 Å². The maximum atomic E-state index is 12.8. The van der Waals surface area contributed by atoms with E-state index in [4.69, 9.17) is 16.2 Å². The van der Waals surface area contributed by atoms with Crippen molar-refractivity contribution in [3.63, 3.8) is 0 Å². The molecule has 8 nitrogen and oxygen atoms in total. The fraction of sp³-hybridized carbons (Fsp3) is 0.267. The summed E-state index contributed by atoms with van der Waals surface area (Å²) in [6.07, 6.45) is -2.84. The molecule has 136 valence electrons. The van der Waals surface area contributed by atoms with E-state index in [1.165, 1.54) is 0 Å². The number of benzene rings is 1. The Morgan fingerprint density at radius 1 is 1.15 bits per heavy atom. The van der Waals surface area contributed by atoms with Crippen LogP contribution in [0.2, 0.25) is 0 Å². The number of alkyl halides is 3. The number of aromatic nitrogens is 5. The molecule has 26 heavy (non-hydrogen) atoms. The van der Waals surface area contributed by atoms with Crippen LogP contribution in [0.5, 0.6) is 5.75 Å². The van der Waals surface area contributed by atoms with E-state index in [-0.39, 0.29) is 17.5 Å². The number of nitrogen functional groups attached to an aromatic ring is 2. The van der Waals surface area contributed by atoms with E-state index in [0.29, 0.717) is 40.7 Å². The molecular weight excluding hydrogens is 351 g/mol. The standard InChI is InChI=1S/C15H14F3N7O/c16-15(17,18)7-25-13(22-14(20)23-25)10-6-24-3-4-26-11-5-8(19)1-2-9(11)12(24)21-10/h1-2,5-6H,3-4,7,19H2,(H2,20,23). The molecule has 1 aliphatic heterocycles. The van der Waals surface area contributed by atoms with Gasteiger partial charge in [0.2, 0.25) is 5.95 Å². The lowest BCUT2D eigenvalue weighted by Crippen LogP contribution is -2.19. The molecule has 3 aromatic rings. The maximum absolute atomic E-state index is 12.8. The highest BCUT2D eigenvalue weighted by Gasteiger charge is 2.31. The van der Waals surface area contributed by atoms with Crippen LogP contribution in [0.25, 0.3) is 22.9 Å². The normalized spacial score (nSPS) is 13.7. The molecule has 0 radical (unpaired) electrons. The molecule has 0 unspecified atom stereocenters. The number of hydrogen-bond donors (Lipinski definition) is 2. The minimum absolute atomic E-state index is 0.0432. The summed E-state index contributed by atoms with van der Waals surface area (Å²) in [5, 5.41) is 3.63. The lowest BCUT2D eigenvalue weighted by Gasteiger charge is -2.08. The van der Waals surface area contributed by atoms with Crippen molar-refractivity contribution in [2.24, 2.45) is 0 Å². The van der Waals surface area contributed by atoms with Gasteiger partial charge < -0.3 is 20.8 Å². The average Bonchev–Trinajstić information content (AvgIpc) is 3.05. The lowest BCUT2D eigenvalue weighted by molar-refractivity contribution is -0.142. The van der Waals surface area contributed by atoms with Crippen molar-refractivity contribution in [3.8, 4) is 28.7 Å². The number of imidazole rings is 1. The lowest BCUT2D eigenvalue weighted by atomic mass is 10.1. The Bertz CT molecular complexity index is 976. The van der Waals surface area contributed by atoms with E-state index in [0.717, 1.165) is 0 Å². The molecule has 4 rings (SSSR count). The van der Waals surface area contributed by atoms with E-state index >= 15 is 0 Å². The molecule has 1 aromatic carbocycles. The summed E-state index contributed by atoms with van der Waals surface area (Å²) in [6, 6.07) is 5.15. The number of nitrogens with zero attached hydrogens (tertiary/aromatic N) is 5. The van der Waals surface area contributed by atoms with E-state index in [1.807, 2.05) is 0 Å². The highest BCUT2D eigenvalue weighted by Crippen LogP contribution is 2.35. The monoisotopic (exact) mass is 365 g/mol. The van der Waals surface area contributed by atoms with Gasteiger partial charge in [-0.3, -0.25) is 0 Å². The summed E-state index contributed by atoms with van der Waals surface area (Å²) in [6.45, 7) is -0.457. The van der Waals surface area contributed by atoms with Crippen LogP contribution in [0.15, 0.2) is 24.4 Å². The third-order valence-corrected chi connectivity index (χ3v) is 3.86. The Hall–Kier alpha value is -3.24. The molecule has 1 aliphatic rings. The third-order valence-electron chi connectivity index (χ3n) is 3.86. The number of halogens is 3. The fourth-order valence-electron chi connectivity index (χ4n) is 2.84. The van der Waals surface area contributed by atoms with Crippen molar-refractivity contribution in [2.45, 2.75) is 19.3 Å². The SMILES string of the molecule is Nc1ccc2c(c1)OCCn1cc(-c3nc(N)nn3CC(F)(F)F)nc1-2. The number of anilines is 2. The Balaban J connectivity index is 1.81. The zero-order valence-electron chi connectivity index (χ0n) is 13.4. The van der Waals surface area contributed by atoms with E-state index < -0.39 is 12.7 Å². The summed E-state index contributed by atoms with van der Waals surface area (Å²) in [5.74, 6) is 0.826. The molecule has 2 aromatic heterocycles. The fourth-order valence-corrected chi connectivity index (χ4v) is 2.84. The van der Waals surface area contributed by atoms with Gasteiger partial charge in [0, 0.05) is 18.0 Å². The molecule has 0 amide bonds. The average molecular weight is 365 g/mol. The van der Waals surface area contributed by atoms with E-state index in [1.54, 1.807) is 29.0 Å². The number of nitrogens with two attached hydrogens (primary N) is 2. The van der Waals surface area contributed by atoms with Crippen LogP contribution in [0.4, 0.5) is 24.8 Å². The molecule has 0 bridgehead atoms. The predicted octanol–water partition coefficient (Wildman–Crippen LogP) is 1.93. The molecule has 0 spiro atoms. The predicted molar refractivity (Wildman–Crippen MR) is 87.1 cm³/mol. The highest BCUT2D eigenvalue weighted by atomic mass is 19.4. The van der Waals surface area contributed by atoms with Crippen LogP contribution < -0.4 is 16.2 Å².